The molecule has 0 bridgehead atoms. The molecular formula is C27H24F4N4O6S. The van der Waals surface area contributed by atoms with Gasteiger partial charge >= 0.3 is 11.9 Å². The van der Waals surface area contributed by atoms with Crippen molar-refractivity contribution in [3.8, 4) is 5.69 Å². The number of halogens is 4. The van der Waals surface area contributed by atoms with Gasteiger partial charge in [0, 0.05) is 30.2 Å². The van der Waals surface area contributed by atoms with E-state index in [9.17, 15) is 40.4 Å². The van der Waals surface area contributed by atoms with Gasteiger partial charge in [0.1, 0.15) is 16.9 Å². The Morgan fingerprint density at radius 3 is 2.33 bits per heavy atom. The molecule has 5 rings (SSSR count). The van der Waals surface area contributed by atoms with Crippen molar-refractivity contribution in [1.82, 2.24) is 19.2 Å². The normalized spacial score (nSPS) is 14.8. The lowest BCUT2D eigenvalue weighted by atomic mass is 10.2. The summed E-state index contributed by atoms with van der Waals surface area (Å²) in [4.78, 5) is 39.3. The number of aromatic nitrogens is 2. The van der Waals surface area contributed by atoms with Gasteiger partial charge in [0.15, 0.2) is 0 Å². The number of nitrogens with zero attached hydrogens (tertiary/aromatic N) is 2. The predicted molar refractivity (Wildman–Crippen MR) is 142 cm³/mol. The topological polar surface area (TPSA) is 132 Å². The van der Waals surface area contributed by atoms with Crippen LogP contribution in [0.4, 0.5) is 17.6 Å². The van der Waals surface area contributed by atoms with Crippen LogP contribution in [0.25, 0.3) is 16.7 Å². The fraction of sp³-hybridized carbons (Fsp3) is 0.296. The van der Waals surface area contributed by atoms with Gasteiger partial charge in [-0.15, -0.1) is 0 Å². The summed E-state index contributed by atoms with van der Waals surface area (Å²) >= 11 is 0. The molecule has 0 unspecified atom stereocenters. The van der Waals surface area contributed by atoms with Gasteiger partial charge in [0.2, 0.25) is 11.0 Å². The van der Waals surface area contributed by atoms with Gasteiger partial charge in [-0.3, -0.25) is 18.7 Å². The standard InChI is InChI=1S/C27H24F4N4O6S/c1-15(2)35-23(36)17(14-34(25(35)38)20-6-3-18(4-7-20)27(29,30)31)13-32-24(37)26(9-10-26)33-42(39,40)22-12-16-11-19(28)5-8-21(16)41-22/h3-8,11-12,14-15,33H,9-10,13H2,1-2H3,(H,32,37). The van der Waals surface area contributed by atoms with Crippen molar-refractivity contribution < 1.29 is 35.2 Å². The molecule has 2 heterocycles. The summed E-state index contributed by atoms with van der Waals surface area (Å²) in [5.74, 6) is -1.32. The fourth-order valence-corrected chi connectivity index (χ4v) is 5.86. The zero-order chi connectivity index (χ0) is 30.6. The van der Waals surface area contributed by atoms with Gasteiger partial charge in [0.25, 0.3) is 15.6 Å². The van der Waals surface area contributed by atoms with Gasteiger partial charge in [-0.05, 0) is 69.2 Å². The molecule has 1 amide bonds. The van der Waals surface area contributed by atoms with E-state index in [4.69, 9.17) is 4.42 Å². The molecule has 0 saturated heterocycles. The highest BCUT2D eigenvalue weighted by Crippen LogP contribution is 2.38. The Hall–Kier alpha value is -4.24. The number of amides is 1. The van der Waals surface area contributed by atoms with Crippen molar-refractivity contribution in [2.24, 2.45) is 0 Å². The van der Waals surface area contributed by atoms with E-state index in [2.05, 4.69) is 10.0 Å². The molecule has 2 aromatic carbocycles. The molecule has 1 aliphatic rings. The monoisotopic (exact) mass is 608 g/mol. The number of hydrogen-bond acceptors (Lipinski definition) is 6. The zero-order valence-corrected chi connectivity index (χ0v) is 23.0. The third-order valence-corrected chi connectivity index (χ3v) is 8.24. The van der Waals surface area contributed by atoms with Crippen LogP contribution in [0.5, 0.6) is 0 Å². The van der Waals surface area contributed by atoms with Crippen LogP contribution < -0.4 is 21.3 Å². The van der Waals surface area contributed by atoms with E-state index >= 15 is 0 Å². The van der Waals surface area contributed by atoms with Crippen LogP contribution in [0.15, 0.2) is 73.8 Å². The van der Waals surface area contributed by atoms with Gasteiger partial charge in [0.05, 0.1) is 16.8 Å². The van der Waals surface area contributed by atoms with E-state index in [1.807, 2.05) is 0 Å². The number of fused-ring (bicyclic) bond motifs is 1. The molecule has 42 heavy (non-hydrogen) atoms. The number of carbonyl (C=O) groups excluding carboxylic acids is 1. The van der Waals surface area contributed by atoms with Gasteiger partial charge in [-0.25, -0.2) is 17.6 Å². The quantitative estimate of drug-likeness (QED) is 0.294. The third kappa shape index (κ3) is 5.48. The molecule has 10 nitrogen and oxygen atoms in total. The summed E-state index contributed by atoms with van der Waals surface area (Å²) in [5.41, 5.74) is -3.82. The molecule has 1 fully saturated rings. The number of nitrogens with one attached hydrogen (secondary N) is 2. The molecule has 0 atom stereocenters. The summed E-state index contributed by atoms with van der Waals surface area (Å²) in [6.45, 7) is 2.74. The first-order valence-corrected chi connectivity index (χ1v) is 14.2. The highest BCUT2D eigenvalue weighted by atomic mass is 32.2. The van der Waals surface area contributed by atoms with Crippen molar-refractivity contribution in [1.29, 1.82) is 0 Å². The summed E-state index contributed by atoms with van der Waals surface area (Å²) < 4.78 is 88.1. The minimum atomic E-state index is -4.59. The van der Waals surface area contributed by atoms with Crippen LogP contribution in [0, 0.1) is 5.82 Å². The van der Waals surface area contributed by atoms with Crippen LogP contribution >= 0.6 is 0 Å². The Labute approximate surface area is 235 Å². The Morgan fingerprint density at radius 1 is 1.07 bits per heavy atom. The van der Waals surface area contributed by atoms with E-state index in [1.54, 1.807) is 13.8 Å². The number of alkyl halides is 3. The number of sulfonamides is 1. The maximum absolute atomic E-state index is 13.5. The Bertz CT molecular complexity index is 1920. The second-order valence-corrected chi connectivity index (χ2v) is 11.9. The van der Waals surface area contributed by atoms with Crippen LogP contribution in [-0.2, 0) is 27.5 Å². The number of furan rings is 1. The summed E-state index contributed by atoms with van der Waals surface area (Å²) in [5, 5.41) is 2.23. The number of benzene rings is 2. The average Bonchev–Trinajstić information content (AvgIpc) is 3.55. The van der Waals surface area contributed by atoms with Crippen LogP contribution in [-0.4, -0.2) is 29.0 Å². The number of hydrogen-bond donors (Lipinski definition) is 2. The van der Waals surface area contributed by atoms with Gasteiger partial charge in [-0.1, -0.05) is 0 Å². The Balaban J connectivity index is 1.39. The van der Waals surface area contributed by atoms with Crippen molar-refractivity contribution in [3.05, 3.63) is 92.5 Å². The van der Waals surface area contributed by atoms with Crippen molar-refractivity contribution in [2.45, 2.75) is 56.1 Å². The first-order valence-electron chi connectivity index (χ1n) is 12.7. The SMILES string of the molecule is CC(C)n1c(=O)c(CNC(=O)C2(NS(=O)(=O)c3cc4cc(F)ccc4o3)CC2)cn(-c2ccc(C(F)(F)F)cc2)c1=O. The molecular weight excluding hydrogens is 584 g/mol. The second kappa shape index (κ2) is 10.2. The van der Waals surface area contributed by atoms with Crippen molar-refractivity contribution >= 4 is 26.9 Å². The van der Waals surface area contributed by atoms with E-state index in [0.29, 0.717) is 0 Å². The Kier molecular flexibility index (Phi) is 7.13. The molecule has 2 N–H and O–H groups in total. The minimum Gasteiger partial charge on any atom is -0.443 e. The molecule has 0 aliphatic heterocycles. The van der Waals surface area contributed by atoms with E-state index < -0.39 is 68.0 Å². The fourth-order valence-electron chi connectivity index (χ4n) is 4.47. The van der Waals surface area contributed by atoms with Crippen molar-refractivity contribution in [3.63, 3.8) is 0 Å². The van der Waals surface area contributed by atoms with E-state index in [-0.39, 0.29) is 35.1 Å². The lowest BCUT2D eigenvalue weighted by molar-refractivity contribution is -0.137. The molecule has 15 heteroatoms. The first-order chi connectivity index (χ1) is 19.6. The zero-order valence-electron chi connectivity index (χ0n) is 22.2. The maximum atomic E-state index is 13.5. The molecule has 2 aromatic heterocycles. The second-order valence-electron chi connectivity index (χ2n) is 10.2. The molecule has 1 aliphatic carbocycles. The van der Waals surface area contributed by atoms with E-state index in [0.717, 1.165) is 57.8 Å². The summed E-state index contributed by atoms with van der Waals surface area (Å²) in [6.07, 6.45) is -3.16. The van der Waals surface area contributed by atoms with Crippen LogP contribution in [0.1, 0.15) is 43.9 Å². The summed E-state index contributed by atoms with van der Waals surface area (Å²) in [6, 6.07) is 7.77. The molecule has 0 spiro atoms. The highest BCUT2D eigenvalue weighted by molar-refractivity contribution is 7.89. The minimum absolute atomic E-state index is 0.0606. The third-order valence-electron chi connectivity index (χ3n) is 6.85. The molecule has 222 valence electrons. The highest BCUT2D eigenvalue weighted by Gasteiger charge is 2.53. The largest absolute Gasteiger partial charge is 0.443 e. The van der Waals surface area contributed by atoms with Crippen molar-refractivity contribution in [2.75, 3.05) is 0 Å². The molecule has 0 radical (unpaired) electrons. The predicted octanol–water partition coefficient (Wildman–Crippen LogP) is 3.61. The number of carbonyl (C=O) groups is 1. The van der Waals surface area contributed by atoms with Crippen LogP contribution in [0.2, 0.25) is 0 Å². The van der Waals surface area contributed by atoms with Gasteiger partial charge in [-0.2, -0.15) is 17.9 Å². The Morgan fingerprint density at radius 2 is 1.74 bits per heavy atom. The maximum Gasteiger partial charge on any atom is 0.416 e. The molecule has 1 saturated carbocycles. The van der Waals surface area contributed by atoms with Gasteiger partial charge < -0.3 is 9.73 Å². The average molecular weight is 609 g/mol. The van der Waals surface area contributed by atoms with Crippen LogP contribution in [0.3, 0.4) is 0 Å². The lowest BCUT2D eigenvalue weighted by Crippen LogP contribution is -2.49. The summed E-state index contributed by atoms with van der Waals surface area (Å²) in [7, 11) is -4.34. The first kappa shape index (κ1) is 29.3. The molecule has 4 aromatic rings. The smallest absolute Gasteiger partial charge is 0.416 e. The van der Waals surface area contributed by atoms with E-state index in [1.165, 1.54) is 6.07 Å². The number of rotatable bonds is 8. The lowest BCUT2D eigenvalue weighted by Gasteiger charge is -2.18.